The second-order valence-corrected chi connectivity index (χ2v) is 8.38. The number of carbonyl (C=O) groups is 1. The summed E-state index contributed by atoms with van der Waals surface area (Å²) in [6.45, 7) is 1.44. The molecule has 33 heavy (non-hydrogen) atoms. The van der Waals surface area contributed by atoms with Gasteiger partial charge in [0, 0.05) is 36.5 Å². The van der Waals surface area contributed by atoms with Gasteiger partial charge in [0.1, 0.15) is 5.82 Å². The quantitative estimate of drug-likeness (QED) is 0.438. The Hall–Kier alpha value is -3.80. The van der Waals surface area contributed by atoms with Gasteiger partial charge in [0.15, 0.2) is 5.82 Å². The Kier molecular flexibility index (Phi) is 5.98. The highest BCUT2D eigenvalue weighted by Crippen LogP contribution is 2.32. The van der Waals surface area contributed by atoms with Gasteiger partial charge in [-0.1, -0.05) is 36.4 Å². The second kappa shape index (κ2) is 9.36. The molecule has 0 spiro atoms. The Morgan fingerprint density at radius 2 is 1.67 bits per heavy atom. The first-order valence-corrected chi connectivity index (χ1v) is 11.3. The van der Waals surface area contributed by atoms with Crippen LogP contribution in [-0.2, 0) is 11.2 Å². The molecule has 0 unspecified atom stereocenters. The number of aromatic nitrogens is 3. The van der Waals surface area contributed by atoms with Crippen LogP contribution < -0.4 is 0 Å². The third kappa shape index (κ3) is 4.70. The fraction of sp³-hybridized carbons (Fsp3) is 0.222. The summed E-state index contributed by atoms with van der Waals surface area (Å²) in [5, 5.41) is 4.82. The van der Waals surface area contributed by atoms with Crippen molar-refractivity contribution in [1.82, 2.24) is 19.7 Å². The van der Waals surface area contributed by atoms with Crippen molar-refractivity contribution < 1.29 is 9.18 Å². The van der Waals surface area contributed by atoms with Crippen LogP contribution in [0.2, 0.25) is 0 Å². The second-order valence-electron chi connectivity index (χ2n) is 8.38. The fourth-order valence-electron chi connectivity index (χ4n) is 4.42. The number of likely N-dealkylation sites (tertiary alicyclic amines) is 1. The topological polar surface area (TPSA) is 51.0 Å². The Labute approximate surface area is 192 Å². The van der Waals surface area contributed by atoms with Crippen molar-refractivity contribution in [3.8, 4) is 17.1 Å². The number of amides is 1. The molecule has 0 atom stereocenters. The van der Waals surface area contributed by atoms with Crippen molar-refractivity contribution in [1.29, 1.82) is 0 Å². The molecule has 6 heteroatoms. The lowest BCUT2D eigenvalue weighted by atomic mass is 9.92. The Bertz CT molecular complexity index is 1210. The molecule has 5 rings (SSSR count). The van der Waals surface area contributed by atoms with E-state index in [1.54, 1.807) is 18.3 Å². The highest BCUT2D eigenvalue weighted by molar-refractivity contribution is 5.78. The molecule has 1 aliphatic rings. The summed E-state index contributed by atoms with van der Waals surface area (Å²) < 4.78 is 15.3. The van der Waals surface area contributed by atoms with Gasteiger partial charge in [-0.2, -0.15) is 5.10 Å². The molecule has 1 amide bonds. The molecule has 3 heterocycles. The molecular formula is C27H25FN4O. The lowest BCUT2D eigenvalue weighted by Crippen LogP contribution is -2.39. The predicted molar refractivity (Wildman–Crippen MR) is 125 cm³/mol. The molecule has 0 aliphatic carbocycles. The molecule has 0 N–H and O–H groups in total. The van der Waals surface area contributed by atoms with E-state index in [4.69, 9.17) is 5.10 Å². The number of rotatable bonds is 5. The first-order valence-electron chi connectivity index (χ1n) is 11.3. The van der Waals surface area contributed by atoms with Gasteiger partial charge in [-0.05, 0) is 60.9 Å². The molecule has 0 saturated carbocycles. The van der Waals surface area contributed by atoms with Gasteiger partial charge in [-0.3, -0.25) is 4.79 Å². The monoisotopic (exact) mass is 440 g/mol. The predicted octanol–water partition coefficient (Wildman–Crippen LogP) is 5.02. The average molecular weight is 441 g/mol. The van der Waals surface area contributed by atoms with Gasteiger partial charge in [0.25, 0.3) is 0 Å². The average Bonchev–Trinajstić information content (AvgIpc) is 3.31. The lowest BCUT2D eigenvalue weighted by molar-refractivity contribution is -0.131. The Balaban J connectivity index is 1.36. The zero-order chi connectivity index (χ0) is 22.6. The lowest BCUT2D eigenvalue weighted by Gasteiger charge is -2.32. The van der Waals surface area contributed by atoms with Crippen LogP contribution in [0.25, 0.3) is 17.1 Å². The van der Waals surface area contributed by atoms with Crippen LogP contribution in [0.5, 0.6) is 0 Å². The maximum Gasteiger partial charge on any atom is 0.226 e. The Morgan fingerprint density at radius 1 is 0.939 bits per heavy atom. The SMILES string of the molecule is O=C(Cc1ccccc1)N1CCC(c2cc(-c3ccc(F)cc3)nn2-c2ccccn2)CC1. The first-order chi connectivity index (χ1) is 16.2. The van der Waals surface area contributed by atoms with E-state index >= 15 is 0 Å². The molecule has 1 saturated heterocycles. The molecule has 1 aliphatic heterocycles. The summed E-state index contributed by atoms with van der Waals surface area (Å²) in [5.74, 6) is 0.915. The number of pyridine rings is 1. The van der Waals surface area contributed by atoms with Crippen molar-refractivity contribution in [3.63, 3.8) is 0 Å². The largest absolute Gasteiger partial charge is 0.342 e. The van der Waals surface area contributed by atoms with E-state index < -0.39 is 0 Å². The van der Waals surface area contributed by atoms with E-state index in [-0.39, 0.29) is 17.6 Å². The number of hydrogen-bond donors (Lipinski definition) is 0. The zero-order valence-corrected chi connectivity index (χ0v) is 18.3. The number of halogens is 1. The summed E-state index contributed by atoms with van der Waals surface area (Å²) in [7, 11) is 0. The van der Waals surface area contributed by atoms with Crippen LogP contribution in [0.4, 0.5) is 4.39 Å². The van der Waals surface area contributed by atoms with Crippen LogP contribution in [0.3, 0.4) is 0 Å². The minimum atomic E-state index is -0.268. The van der Waals surface area contributed by atoms with Crippen molar-refractivity contribution in [2.45, 2.75) is 25.2 Å². The smallest absolute Gasteiger partial charge is 0.226 e. The molecule has 2 aromatic carbocycles. The molecular weight excluding hydrogens is 415 g/mol. The molecule has 4 aromatic rings. The summed E-state index contributed by atoms with van der Waals surface area (Å²) >= 11 is 0. The highest BCUT2D eigenvalue weighted by atomic mass is 19.1. The van der Waals surface area contributed by atoms with Crippen LogP contribution in [-0.4, -0.2) is 38.7 Å². The summed E-state index contributed by atoms with van der Waals surface area (Å²) in [6, 6.07) is 24.1. The van der Waals surface area contributed by atoms with Crippen LogP contribution in [0, 0.1) is 5.82 Å². The van der Waals surface area contributed by atoms with Crippen molar-refractivity contribution in [2.24, 2.45) is 0 Å². The van der Waals surface area contributed by atoms with E-state index in [1.165, 1.54) is 12.1 Å². The van der Waals surface area contributed by atoms with Crippen LogP contribution >= 0.6 is 0 Å². The van der Waals surface area contributed by atoms with Gasteiger partial charge in [0.05, 0.1) is 12.1 Å². The number of nitrogens with zero attached hydrogens (tertiary/aromatic N) is 4. The minimum Gasteiger partial charge on any atom is -0.342 e. The molecule has 0 bridgehead atoms. The van der Waals surface area contributed by atoms with E-state index in [9.17, 15) is 9.18 Å². The normalized spacial score (nSPS) is 14.4. The standard InChI is InChI=1S/C27H25FN4O/c28-23-11-9-21(10-12-23)24-19-25(32(30-24)26-8-4-5-15-29-26)22-13-16-31(17-14-22)27(33)18-20-6-2-1-3-7-20/h1-12,15,19,22H,13-14,16-18H2. The van der Waals surface area contributed by atoms with Gasteiger partial charge < -0.3 is 4.90 Å². The van der Waals surface area contributed by atoms with E-state index in [1.807, 2.05) is 58.1 Å². The minimum absolute atomic E-state index is 0.171. The van der Waals surface area contributed by atoms with E-state index in [0.717, 1.165) is 54.3 Å². The molecule has 0 radical (unpaired) electrons. The summed E-state index contributed by atoms with van der Waals surface area (Å²) in [4.78, 5) is 19.2. The van der Waals surface area contributed by atoms with Crippen molar-refractivity contribution in [2.75, 3.05) is 13.1 Å². The maximum absolute atomic E-state index is 13.4. The molecule has 1 fully saturated rings. The van der Waals surface area contributed by atoms with Crippen LogP contribution in [0.15, 0.2) is 85.1 Å². The van der Waals surface area contributed by atoms with Gasteiger partial charge in [-0.25, -0.2) is 14.1 Å². The molecule has 166 valence electrons. The van der Waals surface area contributed by atoms with E-state index in [2.05, 4.69) is 11.1 Å². The highest BCUT2D eigenvalue weighted by Gasteiger charge is 2.27. The number of hydrogen-bond acceptors (Lipinski definition) is 3. The third-order valence-corrected chi connectivity index (χ3v) is 6.21. The third-order valence-electron chi connectivity index (χ3n) is 6.21. The van der Waals surface area contributed by atoms with E-state index in [0.29, 0.717) is 6.42 Å². The van der Waals surface area contributed by atoms with Gasteiger partial charge in [0.2, 0.25) is 5.91 Å². The van der Waals surface area contributed by atoms with Crippen molar-refractivity contribution in [3.05, 3.63) is 102 Å². The summed E-state index contributed by atoms with van der Waals surface area (Å²) in [5.41, 5.74) is 3.77. The van der Waals surface area contributed by atoms with Crippen LogP contribution in [0.1, 0.15) is 30.0 Å². The fourth-order valence-corrected chi connectivity index (χ4v) is 4.42. The number of piperidine rings is 1. The van der Waals surface area contributed by atoms with Crippen molar-refractivity contribution >= 4 is 5.91 Å². The molecule has 2 aromatic heterocycles. The summed E-state index contributed by atoms with van der Waals surface area (Å²) in [6.07, 6.45) is 3.92. The molecule has 5 nitrogen and oxygen atoms in total. The Morgan fingerprint density at radius 3 is 2.36 bits per heavy atom. The van der Waals surface area contributed by atoms with Gasteiger partial charge >= 0.3 is 0 Å². The van der Waals surface area contributed by atoms with Gasteiger partial charge in [-0.15, -0.1) is 0 Å². The number of carbonyl (C=O) groups excluding carboxylic acids is 1. The first kappa shape index (κ1) is 21.1. The number of benzene rings is 2. The maximum atomic E-state index is 13.4. The zero-order valence-electron chi connectivity index (χ0n) is 18.3.